The van der Waals surface area contributed by atoms with Crippen LogP contribution in [-0.4, -0.2) is 5.94 Å². The summed E-state index contributed by atoms with van der Waals surface area (Å²) in [7, 11) is 0. The lowest BCUT2D eigenvalue weighted by Crippen LogP contribution is -2.39. The number of carbonyl (C=O) groups excluding carboxylic acids is 1. The van der Waals surface area contributed by atoms with E-state index in [1.165, 1.54) is 94.6 Å². The average Bonchev–Trinajstić information content (AvgIpc) is 2.85. The van der Waals surface area contributed by atoms with E-state index in [4.69, 9.17) is 0 Å². The molecule has 0 bridgehead atoms. The molecule has 4 rings (SSSR count). The van der Waals surface area contributed by atoms with Gasteiger partial charge in [-0.2, -0.15) is 0 Å². The van der Waals surface area contributed by atoms with Crippen molar-refractivity contribution in [3.8, 4) is 0 Å². The fraction of sp³-hybridized carbons (Fsp3) is 0.600. The van der Waals surface area contributed by atoms with Gasteiger partial charge >= 0.3 is 0 Å². The number of unbranched alkanes of at least 4 members (excludes halogenated alkanes) is 2. The summed E-state index contributed by atoms with van der Waals surface area (Å²) in [5, 5.41) is 0. The highest BCUT2D eigenvalue weighted by molar-refractivity contribution is 5.69. The zero-order valence-electron chi connectivity index (χ0n) is 19.5. The first-order valence-electron chi connectivity index (χ1n) is 13.0. The molecular formula is C30H40O. The van der Waals surface area contributed by atoms with Crippen molar-refractivity contribution in [3.63, 3.8) is 0 Å². The van der Waals surface area contributed by atoms with Crippen LogP contribution in [0.2, 0.25) is 0 Å². The van der Waals surface area contributed by atoms with Crippen LogP contribution in [0, 0.1) is 17.8 Å². The molecule has 0 heterocycles. The second kappa shape index (κ2) is 10.6. The SMILES string of the molecule is CCCCC[C@H]1CC[C@H](C2(c3ccccc3)C=CC(C3CCCCC3)=CC2=C=O)CC1. The second-order valence-corrected chi connectivity index (χ2v) is 10.3. The predicted molar refractivity (Wildman–Crippen MR) is 131 cm³/mol. The summed E-state index contributed by atoms with van der Waals surface area (Å²) < 4.78 is 0. The molecule has 1 heteroatoms. The van der Waals surface area contributed by atoms with Crippen LogP contribution in [-0.2, 0) is 10.2 Å². The maximum absolute atomic E-state index is 12.4. The van der Waals surface area contributed by atoms with Gasteiger partial charge in [0.15, 0.2) is 0 Å². The molecule has 0 spiro atoms. The van der Waals surface area contributed by atoms with Crippen LogP contribution < -0.4 is 0 Å². The minimum absolute atomic E-state index is 0.296. The van der Waals surface area contributed by atoms with Gasteiger partial charge < -0.3 is 0 Å². The van der Waals surface area contributed by atoms with Crippen molar-refractivity contribution >= 4 is 5.94 Å². The normalized spacial score (nSPS) is 29.5. The molecule has 2 saturated carbocycles. The lowest BCUT2D eigenvalue weighted by atomic mass is 9.58. The van der Waals surface area contributed by atoms with Crippen molar-refractivity contribution in [2.75, 3.05) is 0 Å². The fourth-order valence-corrected chi connectivity index (χ4v) is 6.60. The minimum atomic E-state index is -0.296. The van der Waals surface area contributed by atoms with Crippen LogP contribution in [0.25, 0.3) is 0 Å². The van der Waals surface area contributed by atoms with Crippen LogP contribution in [0.5, 0.6) is 0 Å². The van der Waals surface area contributed by atoms with E-state index in [9.17, 15) is 4.79 Å². The molecule has 3 aliphatic rings. The molecule has 0 aromatic heterocycles. The lowest BCUT2D eigenvalue weighted by Gasteiger charge is -2.44. The van der Waals surface area contributed by atoms with Gasteiger partial charge in [-0.05, 0) is 60.6 Å². The number of benzene rings is 1. The highest BCUT2D eigenvalue weighted by Crippen LogP contribution is 2.51. The van der Waals surface area contributed by atoms with E-state index in [0.29, 0.717) is 11.8 Å². The summed E-state index contributed by atoms with van der Waals surface area (Å²) in [6.07, 6.45) is 24.1. The van der Waals surface area contributed by atoms with Crippen LogP contribution >= 0.6 is 0 Å². The van der Waals surface area contributed by atoms with E-state index in [2.05, 4.69) is 61.4 Å². The van der Waals surface area contributed by atoms with Gasteiger partial charge in [0.05, 0.1) is 11.0 Å². The molecule has 1 nitrogen and oxygen atoms in total. The van der Waals surface area contributed by atoms with Crippen LogP contribution in [0.4, 0.5) is 0 Å². The third-order valence-electron chi connectivity index (χ3n) is 8.44. The average molecular weight is 417 g/mol. The monoisotopic (exact) mass is 416 g/mol. The Balaban J connectivity index is 1.59. The Kier molecular flexibility index (Phi) is 7.67. The van der Waals surface area contributed by atoms with Crippen molar-refractivity contribution in [1.82, 2.24) is 0 Å². The van der Waals surface area contributed by atoms with E-state index >= 15 is 0 Å². The first-order chi connectivity index (χ1) is 15.3. The van der Waals surface area contributed by atoms with E-state index in [-0.39, 0.29) is 5.41 Å². The molecule has 0 saturated heterocycles. The largest absolute Gasteiger partial charge is 0.233 e. The predicted octanol–water partition coefficient (Wildman–Crippen LogP) is 8.15. The van der Waals surface area contributed by atoms with Crippen molar-refractivity contribution in [2.24, 2.45) is 17.8 Å². The first kappa shape index (κ1) is 22.3. The zero-order valence-corrected chi connectivity index (χ0v) is 19.5. The lowest BCUT2D eigenvalue weighted by molar-refractivity contribution is 0.212. The summed E-state index contributed by atoms with van der Waals surface area (Å²) in [6.45, 7) is 2.29. The molecule has 1 aromatic carbocycles. The summed E-state index contributed by atoms with van der Waals surface area (Å²) in [6, 6.07) is 10.8. The number of hydrogen-bond acceptors (Lipinski definition) is 1. The van der Waals surface area contributed by atoms with Crippen LogP contribution in [0.15, 0.2) is 59.7 Å². The Bertz CT molecular complexity index is 811. The Morgan fingerprint density at radius 2 is 1.68 bits per heavy atom. The Morgan fingerprint density at radius 1 is 0.935 bits per heavy atom. The van der Waals surface area contributed by atoms with E-state index in [1.807, 2.05) is 0 Å². The Labute approximate surface area is 189 Å². The van der Waals surface area contributed by atoms with Gasteiger partial charge in [0.2, 0.25) is 0 Å². The number of hydrogen-bond donors (Lipinski definition) is 0. The summed E-state index contributed by atoms with van der Waals surface area (Å²) >= 11 is 0. The van der Waals surface area contributed by atoms with Gasteiger partial charge in [0, 0.05) is 0 Å². The molecule has 0 radical (unpaired) electrons. The molecule has 1 atom stereocenters. The van der Waals surface area contributed by atoms with Crippen molar-refractivity contribution in [2.45, 2.75) is 95.8 Å². The van der Waals surface area contributed by atoms with E-state index in [0.717, 1.165) is 11.5 Å². The van der Waals surface area contributed by atoms with E-state index in [1.54, 1.807) is 0 Å². The third-order valence-corrected chi connectivity index (χ3v) is 8.44. The summed E-state index contributed by atoms with van der Waals surface area (Å²) in [4.78, 5) is 12.4. The minimum Gasteiger partial charge on any atom is -0.233 e. The molecule has 2 fully saturated rings. The summed E-state index contributed by atoms with van der Waals surface area (Å²) in [5.74, 6) is 4.44. The second-order valence-electron chi connectivity index (χ2n) is 10.3. The van der Waals surface area contributed by atoms with Crippen LogP contribution in [0.1, 0.15) is 96.0 Å². The third kappa shape index (κ3) is 4.83. The van der Waals surface area contributed by atoms with Crippen molar-refractivity contribution in [3.05, 3.63) is 65.3 Å². The zero-order chi connectivity index (χ0) is 21.5. The molecule has 0 N–H and O–H groups in total. The molecule has 31 heavy (non-hydrogen) atoms. The number of allylic oxidation sites excluding steroid dienone is 5. The fourth-order valence-electron chi connectivity index (χ4n) is 6.60. The van der Waals surface area contributed by atoms with Crippen molar-refractivity contribution in [1.29, 1.82) is 0 Å². The highest BCUT2D eigenvalue weighted by Gasteiger charge is 2.44. The molecule has 3 aliphatic carbocycles. The highest BCUT2D eigenvalue weighted by atomic mass is 16.1. The molecular weight excluding hydrogens is 376 g/mol. The quantitative estimate of drug-likeness (QED) is 0.324. The molecule has 1 aromatic rings. The van der Waals surface area contributed by atoms with Gasteiger partial charge in [-0.1, -0.05) is 107 Å². The van der Waals surface area contributed by atoms with Gasteiger partial charge in [-0.25, -0.2) is 4.79 Å². The number of rotatable bonds is 7. The smallest absolute Gasteiger partial charge is 0.129 e. The molecule has 1 unspecified atom stereocenters. The summed E-state index contributed by atoms with van der Waals surface area (Å²) in [5.41, 5.74) is 3.24. The van der Waals surface area contributed by atoms with Gasteiger partial charge in [-0.3, -0.25) is 0 Å². The van der Waals surface area contributed by atoms with Gasteiger partial charge in [-0.15, -0.1) is 0 Å². The standard InChI is InChI=1S/C30H40O/c1-2-3-6-11-24-16-18-28(19-17-24)30(27-14-9-5-10-15-27)21-20-26(22-29(30)23-31)25-12-7-4-8-13-25/h5,9-10,14-15,20-22,24-25,28H,2-4,6-8,11-13,16-19H2,1H3/t24-,28-,30?. The topological polar surface area (TPSA) is 17.1 Å². The Morgan fingerprint density at radius 3 is 2.35 bits per heavy atom. The van der Waals surface area contributed by atoms with Crippen LogP contribution in [0.3, 0.4) is 0 Å². The van der Waals surface area contributed by atoms with Gasteiger partial charge in [0.25, 0.3) is 0 Å². The molecule has 0 aliphatic heterocycles. The molecule has 0 amide bonds. The Hall–Kier alpha value is -1.85. The van der Waals surface area contributed by atoms with E-state index < -0.39 is 0 Å². The van der Waals surface area contributed by atoms with Gasteiger partial charge in [0.1, 0.15) is 5.94 Å². The first-order valence-corrected chi connectivity index (χ1v) is 13.0. The maximum atomic E-state index is 12.4. The molecule has 166 valence electrons. The maximum Gasteiger partial charge on any atom is 0.129 e. The van der Waals surface area contributed by atoms with Crippen molar-refractivity contribution < 1.29 is 4.79 Å².